The smallest absolute Gasteiger partial charge is 0.253 e. The Labute approximate surface area is 110 Å². The van der Waals surface area contributed by atoms with Gasteiger partial charge in [-0.05, 0) is 17.7 Å². The normalized spacial score (nSPS) is 10.1. The average molecular weight is 262 g/mol. The monoisotopic (exact) mass is 261 g/mol. The Morgan fingerprint density at radius 2 is 2.11 bits per heavy atom. The Balaban J connectivity index is 2.06. The number of rotatable bonds is 3. The van der Waals surface area contributed by atoms with Crippen molar-refractivity contribution in [2.45, 2.75) is 6.54 Å². The van der Waals surface area contributed by atoms with Crippen LogP contribution < -0.4 is 11.1 Å². The van der Waals surface area contributed by atoms with Crippen LogP contribution in [0.5, 0.6) is 0 Å². The number of pyridine rings is 1. The van der Waals surface area contributed by atoms with Crippen LogP contribution in [-0.2, 0) is 6.54 Å². The number of para-hydroxylation sites is 1. The highest BCUT2D eigenvalue weighted by Gasteiger charge is 2.09. The van der Waals surface area contributed by atoms with Crippen LogP contribution in [0.15, 0.2) is 42.7 Å². The van der Waals surface area contributed by atoms with E-state index < -0.39 is 0 Å². The molecular formula is C13H12ClN3O. The second-order valence-corrected chi connectivity index (χ2v) is 4.14. The molecule has 1 heterocycles. The molecule has 92 valence electrons. The molecule has 0 aliphatic carbocycles. The maximum Gasteiger partial charge on any atom is 0.253 e. The minimum atomic E-state index is -0.245. The minimum absolute atomic E-state index is 0.245. The number of nitrogen functional groups attached to an aromatic ring is 1. The van der Waals surface area contributed by atoms with E-state index in [9.17, 15) is 4.79 Å². The molecule has 3 N–H and O–H groups in total. The summed E-state index contributed by atoms with van der Waals surface area (Å²) < 4.78 is 0. The molecular weight excluding hydrogens is 250 g/mol. The van der Waals surface area contributed by atoms with Crippen LogP contribution in [0.4, 0.5) is 5.69 Å². The fourth-order valence-corrected chi connectivity index (χ4v) is 1.73. The summed E-state index contributed by atoms with van der Waals surface area (Å²) in [6.07, 6.45) is 2.96. The topological polar surface area (TPSA) is 68.0 Å². The van der Waals surface area contributed by atoms with Crippen molar-refractivity contribution in [3.63, 3.8) is 0 Å². The largest absolute Gasteiger partial charge is 0.398 e. The van der Waals surface area contributed by atoms with Gasteiger partial charge in [0.1, 0.15) is 0 Å². The number of carbonyl (C=O) groups is 1. The quantitative estimate of drug-likeness (QED) is 0.833. The molecule has 0 saturated carbocycles. The number of amides is 1. The highest BCUT2D eigenvalue weighted by molar-refractivity contribution is 6.33. The van der Waals surface area contributed by atoms with Crippen molar-refractivity contribution in [3.8, 4) is 0 Å². The number of anilines is 1. The average Bonchev–Trinajstić information content (AvgIpc) is 2.38. The Morgan fingerprint density at radius 1 is 1.33 bits per heavy atom. The molecule has 0 fully saturated rings. The van der Waals surface area contributed by atoms with Crippen LogP contribution in [0, 0.1) is 0 Å². The van der Waals surface area contributed by atoms with Crippen molar-refractivity contribution in [2.75, 3.05) is 5.73 Å². The van der Waals surface area contributed by atoms with Gasteiger partial charge in [0.15, 0.2) is 0 Å². The Morgan fingerprint density at radius 3 is 2.83 bits per heavy atom. The molecule has 0 saturated heterocycles. The van der Waals surface area contributed by atoms with Crippen LogP contribution >= 0.6 is 11.6 Å². The summed E-state index contributed by atoms with van der Waals surface area (Å²) in [5.74, 6) is -0.245. The van der Waals surface area contributed by atoms with Crippen molar-refractivity contribution in [1.29, 1.82) is 0 Å². The van der Waals surface area contributed by atoms with Gasteiger partial charge in [-0.3, -0.25) is 9.78 Å². The molecule has 0 unspecified atom stereocenters. The zero-order chi connectivity index (χ0) is 13.0. The second-order valence-electron chi connectivity index (χ2n) is 3.74. The molecule has 0 bridgehead atoms. The van der Waals surface area contributed by atoms with Gasteiger partial charge in [-0.25, -0.2) is 0 Å². The fraction of sp³-hybridized carbons (Fsp3) is 0.0769. The van der Waals surface area contributed by atoms with Crippen molar-refractivity contribution < 1.29 is 4.79 Å². The third-order valence-electron chi connectivity index (χ3n) is 2.51. The van der Waals surface area contributed by atoms with E-state index in [0.29, 0.717) is 22.8 Å². The third-order valence-corrected chi connectivity index (χ3v) is 2.81. The summed E-state index contributed by atoms with van der Waals surface area (Å²) in [6.45, 7) is 0.365. The molecule has 0 spiro atoms. The number of carbonyl (C=O) groups excluding carboxylic acids is 1. The molecule has 18 heavy (non-hydrogen) atoms. The number of benzene rings is 1. The van der Waals surface area contributed by atoms with E-state index in [1.165, 1.54) is 12.4 Å². The molecule has 4 nitrogen and oxygen atoms in total. The zero-order valence-electron chi connectivity index (χ0n) is 9.56. The van der Waals surface area contributed by atoms with Crippen molar-refractivity contribution >= 4 is 23.2 Å². The van der Waals surface area contributed by atoms with E-state index in [0.717, 1.165) is 5.56 Å². The number of nitrogens with two attached hydrogens (primary N) is 1. The standard InChI is InChI=1S/C13H12ClN3O/c14-11-8-16-6-5-10(11)13(18)17-7-9-3-1-2-4-12(9)15/h1-6,8H,7,15H2,(H,17,18). The number of aromatic nitrogens is 1. The second kappa shape index (κ2) is 5.51. The van der Waals surface area contributed by atoms with Gasteiger partial charge >= 0.3 is 0 Å². The van der Waals surface area contributed by atoms with Gasteiger partial charge in [-0.1, -0.05) is 29.8 Å². The van der Waals surface area contributed by atoms with E-state index in [1.807, 2.05) is 18.2 Å². The summed E-state index contributed by atoms with van der Waals surface area (Å²) >= 11 is 5.88. The van der Waals surface area contributed by atoms with Gasteiger partial charge in [0.25, 0.3) is 5.91 Å². The zero-order valence-corrected chi connectivity index (χ0v) is 10.3. The predicted octanol–water partition coefficient (Wildman–Crippen LogP) is 2.25. The number of halogens is 1. The van der Waals surface area contributed by atoms with Crippen LogP contribution in [0.25, 0.3) is 0 Å². The summed E-state index contributed by atoms with van der Waals surface area (Å²) in [5, 5.41) is 3.10. The Kier molecular flexibility index (Phi) is 3.79. The van der Waals surface area contributed by atoms with Gasteiger partial charge in [-0.2, -0.15) is 0 Å². The first-order valence-corrected chi connectivity index (χ1v) is 5.77. The maximum atomic E-state index is 11.9. The van der Waals surface area contributed by atoms with Crippen molar-refractivity contribution in [2.24, 2.45) is 0 Å². The molecule has 1 amide bonds. The number of nitrogens with one attached hydrogen (secondary N) is 1. The molecule has 0 radical (unpaired) electrons. The lowest BCUT2D eigenvalue weighted by Crippen LogP contribution is -2.23. The molecule has 0 aliphatic rings. The first-order chi connectivity index (χ1) is 8.68. The van der Waals surface area contributed by atoms with Crippen molar-refractivity contribution in [3.05, 3.63) is 58.9 Å². The van der Waals surface area contributed by atoms with Crippen molar-refractivity contribution in [1.82, 2.24) is 10.3 Å². The van der Waals surface area contributed by atoms with E-state index in [4.69, 9.17) is 17.3 Å². The molecule has 1 aromatic carbocycles. The summed E-state index contributed by atoms with van der Waals surface area (Å²) in [4.78, 5) is 15.7. The van der Waals surface area contributed by atoms with Crippen LogP contribution in [-0.4, -0.2) is 10.9 Å². The maximum absolute atomic E-state index is 11.9. The lowest BCUT2D eigenvalue weighted by atomic mass is 10.1. The van der Waals surface area contributed by atoms with Gasteiger partial charge in [0.05, 0.1) is 10.6 Å². The highest BCUT2D eigenvalue weighted by atomic mass is 35.5. The Bertz CT molecular complexity index is 572. The highest BCUT2D eigenvalue weighted by Crippen LogP contribution is 2.14. The van der Waals surface area contributed by atoms with Crippen LogP contribution in [0.2, 0.25) is 5.02 Å². The molecule has 0 aliphatic heterocycles. The van der Waals surface area contributed by atoms with Gasteiger partial charge in [0.2, 0.25) is 0 Å². The number of hydrogen-bond acceptors (Lipinski definition) is 3. The van der Waals surface area contributed by atoms with E-state index in [1.54, 1.807) is 12.1 Å². The number of hydrogen-bond donors (Lipinski definition) is 2. The van der Waals surface area contributed by atoms with E-state index in [-0.39, 0.29) is 5.91 Å². The fourth-order valence-electron chi connectivity index (χ4n) is 1.53. The van der Waals surface area contributed by atoms with E-state index >= 15 is 0 Å². The first kappa shape index (κ1) is 12.4. The predicted molar refractivity (Wildman–Crippen MR) is 71.3 cm³/mol. The lowest BCUT2D eigenvalue weighted by Gasteiger charge is -2.08. The first-order valence-electron chi connectivity index (χ1n) is 5.39. The van der Waals surface area contributed by atoms with Crippen LogP contribution in [0.3, 0.4) is 0 Å². The van der Waals surface area contributed by atoms with Gasteiger partial charge < -0.3 is 11.1 Å². The molecule has 5 heteroatoms. The van der Waals surface area contributed by atoms with Gasteiger partial charge in [-0.15, -0.1) is 0 Å². The summed E-state index contributed by atoms with van der Waals surface area (Å²) in [5.41, 5.74) is 7.71. The summed E-state index contributed by atoms with van der Waals surface area (Å²) in [7, 11) is 0. The molecule has 2 aromatic rings. The molecule has 2 rings (SSSR count). The van der Waals surface area contributed by atoms with Gasteiger partial charge in [0, 0.05) is 24.6 Å². The number of nitrogens with zero attached hydrogens (tertiary/aromatic N) is 1. The lowest BCUT2D eigenvalue weighted by molar-refractivity contribution is 0.0951. The molecule has 1 aromatic heterocycles. The minimum Gasteiger partial charge on any atom is -0.398 e. The molecule has 0 atom stereocenters. The summed E-state index contributed by atoms with van der Waals surface area (Å²) in [6, 6.07) is 8.95. The SMILES string of the molecule is Nc1ccccc1CNC(=O)c1ccncc1Cl. The van der Waals surface area contributed by atoms with E-state index in [2.05, 4.69) is 10.3 Å². The Hall–Kier alpha value is -2.07. The van der Waals surface area contributed by atoms with Crippen LogP contribution in [0.1, 0.15) is 15.9 Å². The third kappa shape index (κ3) is 2.78.